The summed E-state index contributed by atoms with van der Waals surface area (Å²) in [4.78, 5) is 29.5. The first-order chi connectivity index (χ1) is 17.9. The van der Waals surface area contributed by atoms with Gasteiger partial charge in [-0.25, -0.2) is 0 Å². The average molecular weight is 511 g/mol. The van der Waals surface area contributed by atoms with Crippen LogP contribution in [0.5, 0.6) is 17.2 Å². The number of amides is 1. The van der Waals surface area contributed by atoms with E-state index in [9.17, 15) is 14.7 Å². The van der Waals surface area contributed by atoms with Gasteiger partial charge >= 0.3 is 0 Å². The Morgan fingerprint density at radius 2 is 1.62 bits per heavy atom. The molecule has 1 aliphatic rings. The number of Topliss-reactive ketones (excluding diaryl/α,β-unsaturated/α-hetero) is 1. The molecule has 8 nitrogen and oxygen atoms in total. The van der Waals surface area contributed by atoms with Crippen LogP contribution in [0.3, 0.4) is 0 Å². The van der Waals surface area contributed by atoms with E-state index in [0.717, 1.165) is 19.6 Å². The molecule has 0 spiro atoms. The van der Waals surface area contributed by atoms with Crippen LogP contribution in [0.1, 0.15) is 51.3 Å². The van der Waals surface area contributed by atoms with E-state index in [2.05, 4.69) is 13.8 Å². The molecule has 200 valence electrons. The fourth-order valence-corrected chi connectivity index (χ4v) is 4.70. The minimum atomic E-state index is -0.810. The van der Waals surface area contributed by atoms with Crippen molar-refractivity contribution in [1.29, 1.82) is 0 Å². The predicted molar refractivity (Wildman–Crippen MR) is 140 cm³/mol. The van der Waals surface area contributed by atoms with Crippen LogP contribution in [-0.4, -0.2) is 63.1 Å². The maximum Gasteiger partial charge on any atom is 0.295 e. The lowest BCUT2D eigenvalue weighted by Gasteiger charge is -2.28. The van der Waals surface area contributed by atoms with Crippen molar-refractivity contribution in [2.45, 2.75) is 40.2 Å². The SMILES string of the molecule is CCOc1ccc(C([O-])=C2C(=O)C(=O)N(CCC[NH+](CC)CC)C2c2ccc(OCC)c(OC)c2)cc1. The molecule has 8 heteroatoms. The van der Waals surface area contributed by atoms with Gasteiger partial charge in [-0.15, -0.1) is 0 Å². The first-order valence-corrected chi connectivity index (χ1v) is 13.0. The first kappa shape index (κ1) is 28.1. The number of nitrogens with one attached hydrogen (secondary N) is 1. The Morgan fingerprint density at radius 1 is 0.946 bits per heavy atom. The van der Waals surface area contributed by atoms with Crippen LogP contribution >= 0.6 is 0 Å². The third-order valence-electron chi connectivity index (χ3n) is 6.69. The lowest BCUT2D eigenvalue weighted by atomic mass is 9.95. The Labute approximate surface area is 219 Å². The topological polar surface area (TPSA) is 92.6 Å². The Morgan fingerprint density at radius 3 is 2.22 bits per heavy atom. The van der Waals surface area contributed by atoms with Crippen LogP contribution in [0.4, 0.5) is 0 Å². The number of nitrogens with zero attached hydrogens (tertiary/aromatic N) is 1. The Bertz CT molecular complexity index is 1110. The summed E-state index contributed by atoms with van der Waals surface area (Å²) >= 11 is 0. The molecule has 1 unspecified atom stereocenters. The molecule has 0 radical (unpaired) electrons. The monoisotopic (exact) mass is 510 g/mol. The number of likely N-dealkylation sites (tertiary alicyclic amines) is 1. The number of hydrogen-bond donors (Lipinski definition) is 1. The molecular weight excluding hydrogens is 472 g/mol. The van der Waals surface area contributed by atoms with Crippen molar-refractivity contribution in [3.05, 3.63) is 59.2 Å². The molecule has 1 fully saturated rings. The fourth-order valence-electron chi connectivity index (χ4n) is 4.70. The van der Waals surface area contributed by atoms with Crippen molar-refractivity contribution < 1.29 is 33.8 Å². The molecule has 3 rings (SSSR count). The maximum atomic E-state index is 13.7. The average Bonchev–Trinajstić information content (AvgIpc) is 3.16. The number of ketones is 1. The van der Waals surface area contributed by atoms with Gasteiger partial charge in [-0.05, 0) is 63.1 Å². The van der Waals surface area contributed by atoms with E-state index in [1.54, 1.807) is 42.5 Å². The van der Waals surface area contributed by atoms with Gasteiger partial charge < -0.3 is 29.1 Å². The number of quaternary nitrogens is 1. The minimum Gasteiger partial charge on any atom is -0.872 e. The molecule has 0 aliphatic carbocycles. The Kier molecular flexibility index (Phi) is 9.97. The van der Waals surface area contributed by atoms with Gasteiger partial charge in [-0.2, -0.15) is 0 Å². The van der Waals surface area contributed by atoms with E-state index in [4.69, 9.17) is 14.2 Å². The van der Waals surface area contributed by atoms with Crippen LogP contribution in [-0.2, 0) is 9.59 Å². The second-order valence-electron chi connectivity index (χ2n) is 8.83. The summed E-state index contributed by atoms with van der Waals surface area (Å²) < 4.78 is 16.6. The zero-order chi connectivity index (χ0) is 26.9. The number of rotatable bonds is 13. The standard InChI is InChI=1S/C29H38N2O6/c1-6-30(7-2)17-10-18-31-26(21-13-16-23(37-9-4)24(19-21)35-5)25(28(33)29(31)34)27(32)20-11-14-22(15-12-20)36-8-3/h11-16,19,26,32H,6-10,17-18H2,1-5H3. The van der Waals surface area contributed by atoms with Gasteiger partial charge in [-0.3, -0.25) is 9.59 Å². The summed E-state index contributed by atoms with van der Waals surface area (Å²) in [6, 6.07) is 11.1. The Hall–Kier alpha value is -3.52. The van der Waals surface area contributed by atoms with E-state index in [-0.39, 0.29) is 5.57 Å². The lowest BCUT2D eigenvalue weighted by Crippen LogP contribution is -3.11. The summed E-state index contributed by atoms with van der Waals surface area (Å²) in [5, 5.41) is 13.7. The zero-order valence-electron chi connectivity index (χ0n) is 22.5. The van der Waals surface area contributed by atoms with Gasteiger partial charge in [0, 0.05) is 18.5 Å². The van der Waals surface area contributed by atoms with Crippen LogP contribution in [0, 0.1) is 0 Å². The quantitative estimate of drug-likeness (QED) is 0.252. The highest BCUT2D eigenvalue weighted by Gasteiger charge is 2.44. The van der Waals surface area contributed by atoms with Crippen LogP contribution in [0.25, 0.3) is 5.76 Å². The molecule has 2 aromatic carbocycles. The van der Waals surface area contributed by atoms with Gasteiger partial charge in [0.1, 0.15) is 5.75 Å². The zero-order valence-corrected chi connectivity index (χ0v) is 22.5. The molecule has 0 aromatic heterocycles. The summed E-state index contributed by atoms with van der Waals surface area (Å²) in [6.07, 6.45) is 0.714. The molecule has 1 amide bonds. The lowest BCUT2D eigenvalue weighted by molar-refractivity contribution is -0.896. The molecule has 1 atom stereocenters. The summed E-state index contributed by atoms with van der Waals surface area (Å²) in [5.74, 6) is -0.206. The molecule has 0 saturated carbocycles. The Balaban J connectivity index is 2.07. The third kappa shape index (κ3) is 6.25. The van der Waals surface area contributed by atoms with Crippen LogP contribution < -0.4 is 24.2 Å². The van der Waals surface area contributed by atoms with Crippen molar-refractivity contribution in [2.24, 2.45) is 0 Å². The second kappa shape index (κ2) is 13.1. The normalized spacial score (nSPS) is 16.9. The highest BCUT2D eigenvalue weighted by Crippen LogP contribution is 2.41. The summed E-state index contributed by atoms with van der Waals surface area (Å²) in [6.45, 7) is 12.2. The first-order valence-electron chi connectivity index (χ1n) is 13.0. The van der Waals surface area contributed by atoms with Gasteiger partial charge in [0.05, 0.1) is 46.0 Å². The molecule has 0 bridgehead atoms. The van der Waals surface area contributed by atoms with Gasteiger partial charge in [0.25, 0.3) is 5.91 Å². The molecular formula is C29H38N2O6. The molecule has 1 saturated heterocycles. The predicted octanol–water partition coefficient (Wildman–Crippen LogP) is 2.03. The minimum absolute atomic E-state index is 0.0458. The molecule has 2 aromatic rings. The number of benzene rings is 2. The second-order valence-corrected chi connectivity index (χ2v) is 8.83. The van der Waals surface area contributed by atoms with Gasteiger partial charge in [-0.1, -0.05) is 24.0 Å². The van der Waals surface area contributed by atoms with Gasteiger partial charge in [0.15, 0.2) is 11.5 Å². The van der Waals surface area contributed by atoms with Crippen molar-refractivity contribution in [1.82, 2.24) is 4.90 Å². The number of carbonyl (C=O) groups excluding carboxylic acids is 2. The van der Waals surface area contributed by atoms with E-state index in [1.165, 1.54) is 16.9 Å². The van der Waals surface area contributed by atoms with E-state index < -0.39 is 23.5 Å². The van der Waals surface area contributed by atoms with Crippen molar-refractivity contribution >= 4 is 17.4 Å². The molecule has 37 heavy (non-hydrogen) atoms. The molecule has 1 N–H and O–H groups in total. The number of carbonyl (C=O) groups is 2. The van der Waals surface area contributed by atoms with Crippen molar-refractivity contribution in [3.8, 4) is 17.2 Å². The number of hydrogen-bond acceptors (Lipinski definition) is 6. The fraction of sp³-hybridized carbons (Fsp3) is 0.448. The molecule has 1 aliphatic heterocycles. The van der Waals surface area contributed by atoms with Crippen LogP contribution in [0.15, 0.2) is 48.0 Å². The number of ether oxygens (including phenoxy) is 3. The summed E-state index contributed by atoms with van der Waals surface area (Å²) in [5.41, 5.74) is 0.913. The third-order valence-corrected chi connectivity index (χ3v) is 6.69. The largest absolute Gasteiger partial charge is 0.872 e. The summed E-state index contributed by atoms with van der Waals surface area (Å²) in [7, 11) is 1.53. The molecule has 1 heterocycles. The van der Waals surface area contributed by atoms with E-state index in [1.807, 2.05) is 13.8 Å². The van der Waals surface area contributed by atoms with Gasteiger partial charge in [0.2, 0.25) is 5.78 Å². The van der Waals surface area contributed by atoms with Crippen molar-refractivity contribution in [2.75, 3.05) is 46.5 Å². The highest BCUT2D eigenvalue weighted by atomic mass is 16.5. The van der Waals surface area contributed by atoms with Crippen molar-refractivity contribution in [3.63, 3.8) is 0 Å². The highest BCUT2D eigenvalue weighted by molar-refractivity contribution is 6.46. The maximum absolute atomic E-state index is 13.7. The van der Waals surface area contributed by atoms with E-state index in [0.29, 0.717) is 54.6 Å². The number of methoxy groups -OCH3 is 1. The smallest absolute Gasteiger partial charge is 0.295 e. The van der Waals surface area contributed by atoms with Crippen LogP contribution in [0.2, 0.25) is 0 Å². The van der Waals surface area contributed by atoms with E-state index >= 15 is 0 Å².